The Hall–Kier alpha value is -6.36. The molecule has 3 fully saturated rings. The fourth-order valence-corrected chi connectivity index (χ4v) is 10.7. The number of aromatic nitrogens is 2. The van der Waals surface area contributed by atoms with E-state index in [1.165, 1.54) is 27.6 Å². The number of aliphatic imine (C=N–C) groups is 1. The molecule has 5 aliphatic heterocycles. The average molecular weight is 965 g/mol. The van der Waals surface area contributed by atoms with Crippen LogP contribution in [0, 0.1) is 11.8 Å². The van der Waals surface area contributed by atoms with Gasteiger partial charge in [-0.25, -0.2) is 13.6 Å². The van der Waals surface area contributed by atoms with Gasteiger partial charge in [0.2, 0.25) is 23.6 Å². The highest BCUT2D eigenvalue weighted by Gasteiger charge is 2.35. The summed E-state index contributed by atoms with van der Waals surface area (Å²) in [4.78, 5) is 78.2. The number of allylic oxidation sites excluding steroid dienone is 1. The van der Waals surface area contributed by atoms with Crippen LogP contribution >= 0.6 is 0 Å². The second kappa shape index (κ2) is 22.2. The van der Waals surface area contributed by atoms with Gasteiger partial charge in [0.05, 0.1) is 23.1 Å². The second-order valence-electron chi connectivity index (χ2n) is 19.0. The Morgan fingerprint density at radius 1 is 0.971 bits per heavy atom. The lowest BCUT2D eigenvalue weighted by atomic mass is 9.91. The number of amides is 4. The number of imide groups is 1. The van der Waals surface area contributed by atoms with E-state index in [9.17, 15) is 32.8 Å². The second-order valence-corrected chi connectivity index (χ2v) is 19.0. The minimum absolute atomic E-state index is 0.0494. The van der Waals surface area contributed by atoms with Crippen LogP contribution in [0.2, 0.25) is 0 Å². The Bertz CT molecular complexity index is 2700. The number of alkyl halides is 2. The fraction of sp³-hybridized carbons (Fsp3) is 0.529. The molecular formula is C51H66F2N12O5. The van der Waals surface area contributed by atoms with Crippen molar-refractivity contribution in [3.63, 3.8) is 0 Å². The summed E-state index contributed by atoms with van der Waals surface area (Å²) in [6.07, 6.45) is 4.71. The van der Waals surface area contributed by atoms with E-state index in [2.05, 4.69) is 37.3 Å². The molecule has 6 N–H and O–H groups in total. The zero-order valence-corrected chi connectivity index (χ0v) is 40.5. The molecule has 2 aromatic carbocycles. The molecule has 0 radical (unpaired) electrons. The van der Waals surface area contributed by atoms with Gasteiger partial charge in [-0.3, -0.25) is 43.5 Å². The summed E-state index contributed by atoms with van der Waals surface area (Å²) in [5, 5.41) is 6.12. The Balaban J connectivity index is 0.814. The number of imidazole rings is 1. The van der Waals surface area contributed by atoms with Crippen LogP contribution in [0.15, 0.2) is 57.6 Å². The minimum atomic E-state index is -2.74. The summed E-state index contributed by atoms with van der Waals surface area (Å²) < 4.78 is 32.2. The summed E-state index contributed by atoms with van der Waals surface area (Å²) in [5.41, 5.74) is 18.7. The molecule has 3 saturated heterocycles. The van der Waals surface area contributed by atoms with Crippen molar-refractivity contribution < 1.29 is 28.0 Å². The van der Waals surface area contributed by atoms with Crippen molar-refractivity contribution in [3.05, 3.63) is 80.5 Å². The molecule has 374 valence electrons. The third-order valence-electron chi connectivity index (χ3n) is 14.6. The van der Waals surface area contributed by atoms with Crippen molar-refractivity contribution in [2.45, 2.75) is 89.4 Å². The SMILES string of the molecule is CN=CC(=CN)c1cc2c(cc1C(F)F)N(C(N)C1=C(NC3CCN(C(=O)CCCN4CCN(CC#Cc5cccc6c5n(C)c(=O)n6[C@H]5CCC(=O)NC5=O)CC4)CC3)CCN(C(C)=O)C1)CCC2. The lowest BCUT2D eigenvalue weighted by Gasteiger charge is -2.42. The molecule has 0 spiro atoms. The fourth-order valence-electron chi connectivity index (χ4n) is 10.7. The van der Waals surface area contributed by atoms with Gasteiger partial charge in [-0.05, 0) is 80.5 Å². The maximum atomic E-state index is 14.6. The van der Waals surface area contributed by atoms with Crippen LogP contribution in [0.4, 0.5) is 14.5 Å². The molecule has 8 rings (SSSR count). The number of likely N-dealkylation sites (tertiary alicyclic amines) is 1. The van der Waals surface area contributed by atoms with Crippen molar-refractivity contribution in [2.24, 2.45) is 23.5 Å². The molecule has 19 heteroatoms. The van der Waals surface area contributed by atoms with Crippen LogP contribution in [-0.2, 0) is 32.6 Å². The third kappa shape index (κ3) is 10.8. The minimum Gasteiger partial charge on any atom is -0.404 e. The highest BCUT2D eigenvalue weighted by Crippen LogP contribution is 2.38. The van der Waals surface area contributed by atoms with Gasteiger partial charge in [-0.1, -0.05) is 17.9 Å². The average Bonchev–Trinajstić information content (AvgIpc) is 3.61. The predicted molar refractivity (Wildman–Crippen MR) is 266 cm³/mol. The number of anilines is 1. The van der Waals surface area contributed by atoms with Crippen molar-refractivity contribution in [2.75, 3.05) is 83.9 Å². The van der Waals surface area contributed by atoms with Crippen LogP contribution in [0.5, 0.6) is 0 Å². The van der Waals surface area contributed by atoms with Crippen LogP contribution in [0.25, 0.3) is 16.6 Å². The number of rotatable bonds is 13. The first-order valence-electron chi connectivity index (χ1n) is 24.6. The number of para-hydroxylation sites is 1. The van der Waals surface area contributed by atoms with Gasteiger partial charge in [-0.15, -0.1) is 0 Å². The van der Waals surface area contributed by atoms with Gasteiger partial charge in [-0.2, -0.15) is 0 Å². The summed E-state index contributed by atoms with van der Waals surface area (Å²) in [7, 11) is 3.25. The number of halogens is 2. The van der Waals surface area contributed by atoms with Crippen LogP contribution in [0.3, 0.4) is 0 Å². The molecule has 2 atom stereocenters. The monoisotopic (exact) mass is 965 g/mol. The summed E-state index contributed by atoms with van der Waals surface area (Å²) >= 11 is 0. The maximum absolute atomic E-state index is 14.6. The van der Waals surface area contributed by atoms with Gasteiger partial charge in [0.1, 0.15) is 12.2 Å². The normalized spacial score (nSPS) is 20.5. The van der Waals surface area contributed by atoms with Gasteiger partial charge < -0.3 is 36.4 Å². The summed E-state index contributed by atoms with van der Waals surface area (Å²) in [6, 6.07) is 8.20. The number of nitrogens with two attached hydrogens (primary N) is 2. The zero-order chi connectivity index (χ0) is 49.6. The number of fused-ring (bicyclic) bond motifs is 2. The molecular weight excluding hydrogens is 899 g/mol. The number of hydrogen-bond acceptors (Lipinski definition) is 12. The van der Waals surface area contributed by atoms with Gasteiger partial charge in [0.25, 0.3) is 6.43 Å². The van der Waals surface area contributed by atoms with E-state index in [1.54, 1.807) is 38.1 Å². The first kappa shape index (κ1) is 50.0. The molecule has 17 nitrogen and oxygen atoms in total. The van der Waals surface area contributed by atoms with E-state index in [1.807, 2.05) is 21.9 Å². The van der Waals surface area contributed by atoms with Crippen LogP contribution < -0.4 is 32.7 Å². The first-order valence-corrected chi connectivity index (χ1v) is 24.6. The van der Waals surface area contributed by atoms with Crippen molar-refractivity contribution in [1.82, 2.24) is 39.4 Å². The zero-order valence-electron chi connectivity index (χ0n) is 40.5. The Morgan fingerprint density at radius 3 is 2.43 bits per heavy atom. The number of piperidine rings is 2. The van der Waals surface area contributed by atoms with Gasteiger partial charge >= 0.3 is 5.69 Å². The highest BCUT2D eigenvalue weighted by molar-refractivity contribution is 6.10. The molecule has 0 bridgehead atoms. The Morgan fingerprint density at radius 2 is 1.73 bits per heavy atom. The number of nitrogens with one attached hydrogen (secondary N) is 2. The van der Waals surface area contributed by atoms with Gasteiger partial charge in [0.15, 0.2) is 0 Å². The van der Waals surface area contributed by atoms with E-state index < -0.39 is 24.5 Å². The number of aryl methyl sites for hydroxylation is 2. The molecule has 0 aliphatic carbocycles. The smallest absolute Gasteiger partial charge is 0.329 e. The van der Waals surface area contributed by atoms with E-state index >= 15 is 0 Å². The number of piperazine rings is 1. The summed E-state index contributed by atoms with van der Waals surface area (Å²) in [6.45, 7) is 9.15. The van der Waals surface area contributed by atoms with E-state index in [-0.39, 0.29) is 47.9 Å². The Labute approximate surface area is 407 Å². The number of hydrogen-bond donors (Lipinski definition) is 4. The van der Waals surface area contributed by atoms with E-state index in [4.69, 9.17) is 11.5 Å². The highest BCUT2D eigenvalue weighted by atomic mass is 19.3. The molecule has 3 aromatic rings. The van der Waals surface area contributed by atoms with Crippen molar-refractivity contribution in [1.29, 1.82) is 0 Å². The lowest BCUT2D eigenvalue weighted by Crippen LogP contribution is -2.53. The van der Waals surface area contributed by atoms with Crippen molar-refractivity contribution >= 4 is 52.1 Å². The van der Waals surface area contributed by atoms with Crippen molar-refractivity contribution in [3.8, 4) is 11.8 Å². The maximum Gasteiger partial charge on any atom is 0.329 e. The lowest BCUT2D eigenvalue weighted by molar-refractivity contribution is -0.136. The molecule has 0 saturated carbocycles. The number of nitrogens with zero attached hydrogens (tertiary/aromatic N) is 8. The van der Waals surface area contributed by atoms with E-state index in [0.717, 1.165) is 75.2 Å². The molecule has 70 heavy (non-hydrogen) atoms. The number of carbonyl (C=O) groups is 4. The molecule has 1 aromatic heterocycles. The first-order chi connectivity index (χ1) is 33.8. The number of carbonyl (C=O) groups excluding carboxylic acids is 4. The third-order valence-corrected chi connectivity index (χ3v) is 14.6. The van der Waals surface area contributed by atoms with Crippen LogP contribution in [-0.4, -0.2) is 150 Å². The van der Waals surface area contributed by atoms with Gasteiger partial charge in [0, 0.05) is 146 Å². The predicted octanol–water partition coefficient (Wildman–Crippen LogP) is 2.83. The Kier molecular flexibility index (Phi) is 15.8. The quantitative estimate of drug-likeness (QED) is 0.112. The molecule has 5 aliphatic rings. The molecule has 1 unspecified atom stereocenters. The summed E-state index contributed by atoms with van der Waals surface area (Å²) in [5.74, 6) is 5.87. The largest absolute Gasteiger partial charge is 0.404 e. The number of benzene rings is 2. The standard InChI is InChI=1S/C51H66F2N12O5/c1-33(66)63-23-17-41(40(32-63)49(55)64-20-6-10-35-28-38(36(30-54)31-56-2)39(48(52)53)29-44(35)64)57-37-15-21-62(22-16-37)46(68)12-7-19-61-26-24-60(25-27-61)18-5-9-34-8-4-11-42-47(34)59(3)51(70)65(42)43-13-14-45(67)58-50(43)69/h4,8,11,28-31,37,43,48-49,57H,6-7,10,12-27,32,54-55H2,1-3H3,(H,58,67,69)/t43-,49?/m0/s1. The van der Waals surface area contributed by atoms with Crippen LogP contribution in [0.1, 0.15) is 93.0 Å². The topological polar surface area (TPSA) is 200 Å². The molecule has 6 heterocycles. The van der Waals surface area contributed by atoms with E-state index in [0.29, 0.717) is 92.0 Å². The molecule has 4 amide bonds.